The molecule has 326 valence electrons. The van der Waals surface area contributed by atoms with Crippen molar-refractivity contribution in [3.63, 3.8) is 0 Å². The van der Waals surface area contributed by atoms with E-state index in [4.69, 9.17) is 40.1 Å². The Hall–Kier alpha value is -3.71. The maximum Gasteiger partial charge on any atom is 1.00 e. The Balaban J connectivity index is 0.000000361. The summed E-state index contributed by atoms with van der Waals surface area (Å²) in [6, 6.07) is 43.9. The van der Waals surface area contributed by atoms with Crippen molar-refractivity contribution in [1.82, 2.24) is 9.97 Å². The first kappa shape index (κ1) is 56.4. The van der Waals surface area contributed by atoms with Gasteiger partial charge in [0, 0.05) is 45.7 Å². The molecule has 1 heterocycles. The van der Waals surface area contributed by atoms with Gasteiger partial charge < -0.3 is 30.2 Å². The fraction of sp³-hybridized carbons (Fsp3) is 0.0833. The van der Waals surface area contributed by atoms with Crippen LogP contribution in [0.3, 0.4) is 0 Å². The molecular weight excluding hydrogens is 1120 g/mol. The standard InChI is InChI=1S/C24H18Br2N2O2.C17H15BrO3.C7H7BrN2.ClH.K.H2O/c1-29-22-12-7-17(13-23(22)30-2)21-14-20(15-3-8-18(25)9-4-15)27-24(28-21)16-5-10-19(26)11-6-16;1-20-16-10-4-12(11-17(16)21-2)3-9-15(19)13-5-7-14(18)8-6-13;8-6-3-1-5(2-4-6)7(9)10;;;/h3-14H,1-2H3;3-11H,1-2H3;1-4H,(H3,9,10);1H;;1H2/q;;;;+1;/p-1/b;9-3+;;;;. The summed E-state index contributed by atoms with van der Waals surface area (Å²) in [5.41, 5.74) is 12.0. The number of halogens is 5. The minimum absolute atomic E-state index is 0. The number of ketones is 1. The molecule has 0 saturated carbocycles. The maximum absolute atomic E-state index is 12.0. The van der Waals surface area contributed by atoms with Crippen LogP contribution < -0.4 is 76.1 Å². The molecule has 7 aromatic rings. The van der Waals surface area contributed by atoms with Gasteiger partial charge in [-0.2, -0.15) is 0 Å². The van der Waals surface area contributed by atoms with Crippen molar-refractivity contribution in [3.8, 4) is 56.9 Å². The molecule has 16 heteroatoms. The van der Waals surface area contributed by atoms with Crippen molar-refractivity contribution in [1.29, 1.82) is 5.41 Å². The molecule has 10 nitrogen and oxygen atoms in total. The number of allylic oxidation sites excluding steroid dienone is 1. The van der Waals surface area contributed by atoms with Crippen LogP contribution in [0.1, 0.15) is 21.5 Å². The van der Waals surface area contributed by atoms with Crippen molar-refractivity contribution < 1.29 is 80.6 Å². The van der Waals surface area contributed by atoms with E-state index in [1.165, 1.54) is 0 Å². The van der Waals surface area contributed by atoms with Gasteiger partial charge in [-0.3, -0.25) is 10.2 Å². The molecule has 0 amide bonds. The predicted octanol–water partition coefficient (Wildman–Crippen LogP) is 10.4. The zero-order valence-electron chi connectivity index (χ0n) is 35.3. The fourth-order valence-corrected chi connectivity index (χ4v) is 6.61. The number of hydrogen-bond donors (Lipinski definition) is 2. The molecule has 4 N–H and O–H groups in total. The summed E-state index contributed by atoms with van der Waals surface area (Å²) in [7, 11) is 6.42. The van der Waals surface area contributed by atoms with Crippen LogP contribution in [0.5, 0.6) is 23.0 Å². The molecule has 7 rings (SSSR count). The predicted molar refractivity (Wildman–Crippen MR) is 268 cm³/mol. The zero-order valence-corrected chi connectivity index (χ0v) is 45.6. The van der Waals surface area contributed by atoms with Crippen molar-refractivity contribution in [2.24, 2.45) is 5.73 Å². The van der Waals surface area contributed by atoms with Crippen molar-refractivity contribution in [2.45, 2.75) is 0 Å². The zero-order chi connectivity index (χ0) is 43.9. The third-order valence-electron chi connectivity index (χ3n) is 8.77. The molecule has 6 aromatic carbocycles. The van der Waals surface area contributed by atoms with Gasteiger partial charge in [0.25, 0.3) is 0 Å². The summed E-state index contributed by atoms with van der Waals surface area (Å²) >= 11 is 13.6. The number of nitrogens with two attached hydrogens (primary N) is 1. The second-order valence-electron chi connectivity index (χ2n) is 12.8. The van der Waals surface area contributed by atoms with E-state index in [-0.39, 0.29) is 80.9 Å². The second-order valence-corrected chi connectivity index (χ2v) is 16.4. The average molecular weight is 1170 g/mol. The molecule has 0 bridgehead atoms. The second kappa shape index (κ2) is 28.4. The number of carbonyl (C=O) groups is 1. The third-order valence-corrected chi connectivity index (χ3v) is 10.9. The number of aromatic nitrogens is 2. The van der Waals surface area contributed by atoms with E-state index in [2.05, 4.69) is 63.7 Å². The topological polar surface area (TPSA) is 160 Å². The number of nitrogens with one attached hydrogen (secondary N) is 1. The average Bonchev–Trinajstić information content (AvgIpc) is 3.29. The van der Waals surface area contributed by atoms with E-state index in [1.807, 2.05) is 115 Å². The third kappa shape index (κ3) is 16.6. The Morgan fingerprint density at radius 2 is 0.922 bits per heavy atom. The molecule has 1 aromatic heterocycles. The van der Waals surface area contributed by atoms with Gasteiger partial charge in [0.1, 0.15) is 5.84 Å². The van der Waals surface area contributed by atoms with Gasteiger partial charge >= 0.3 is 51.4 Å². The van der Waals surface area contributed by atoms with Crippen molar-refractivity contribution in [2.75, 3.05) is 28.4 Å². The first-order chi connectivity index (χ1) is 29.4. The monoisotopic (exact) mass is 1160 g/mol. The van der Waals surface area contributed by atoms with Crippen LogP contribution in [0.4, 0.5) is 0 Å². The van der Waals surface area contributed by atoms with Gasteiger partial charge in [-0.05, 0) is 109 Å². The fourth-order valence-electron chi connectivity index (χ4n) is 5.56. The van der Waals surface area contributed by atoms with Crippen LogP contribution in [0.15, 0.2) is 163 Å². The quantitative estimate of drug-likeness (QED) is 0.0423. The van der Waals surface area contributed by atoms with Gasteiger partial charge in [0.2, 0.25) is 0 Å². The number of nitrogens with zero attached hydrogens (tertiary/aromatic N) is 2. The van der Waals surface area contributed by atoms with Crippen LogP contribution in [-0.2, 0) is 0 Å². The molecule has 0 aliphatic heterocycles. The van der Waals surface area contributed by atoms with E-state index in [0.717, 1.165) is 57.1 Å². The van der Waals surface area contributed by atoms with Crippen molar-refractivity contribution >= 4 is 93.8 Å². The van der Waals surface area contributed by atoms with E-state index in [9.17, 15) is 4.79 Å². The van der Waals surface area contributed by atoms with Gasteiger partial charge in [0.05, 0.1) is 39.8 Å². The molecule has 0 fully saturated rings. The molecule has 0 radical (unpaired) electrons. The number of hydrogen-bond acceptors (Lipinski definition) is 9. The van der Waals surface area contributed by atoms with Crippen LogP contribution in [-0.4, -0.2) is 55.5 Å². The summed E-state index contributed by atoms with van der Waals surface area (Å²) in [4.78, 5) is 21.7. The van der Waals surface area contributed by atoms with Crippen molar-refractivity contribution in [3.05, 3.63) is 180 Å². The van der Waals surface area contributed by atoms with E-state index in [1.54, 1.807) is 64.9 Å². The van der Waals surface area contributed by atoms with Crippen LogP contribution in [0.2, 0.25) is 0 Å². The molecule has 0 unspecified atom stereocenters. The van der Waals surface area contributed by atoms with Crippen LogP contribution in [0.25, 0.3) is 40.0 Å². The van der Waals surface area contributed by atoms with E-state index < -0.39 is 0 Å². The minimum Gasteiger partial charge on any atom is -0.870 e. The number of amidine groups is 1. The van der Waals surface area contributed by atoms with Crippen LogP contribution in [0, 0.1) is 5.41 Å². The number of carbonyl (C=O) groups excluding carboxylic acids is 1. The Morgan fingerprint density at radius 1 is 0.531 bits per heavy atom. The summed E-state index contributed by atoms with van der Waals surface area (Å²) in [6.45, 7) is 0. The molecule has 0 atom stereocenters. The Kier molecular flexibility index (Phi) is 25.0. The van der Waals surface area contributed by atoms with E-state index >= 15 is 0 Å². The number of ether oxygens (including phenoxy) is 4. The first-order valence-electron chi connectivity index (χ1n) is 18.3. The van der Waals surface area contributed by atoms with Crippen LogP contribution >= 0.6 is 76.1 Å². The number of nitrogen functional groups attached to an aromatic ring is 1. The van der Waals surface area contributed by atoms with Gasteiger partial charge in [-0.15, -0.1) is 12.4 Å². The summed E-state index contributed by atoms with van der Waals surface area (Å²) in [5.74, 6) is 3.35. The number of rotatable bonds is 11. The molecule has 0 aliphatic rings. The Labute approximate surface area is 455 Å². The van der Waals surface area contributed by atoms with Gasteiger partial charge in [-0.25, -0.2) is 9.97 Å². The molecule has 64 heavy (non-hydrogen) atoms. The van der Waals surface area contributed by atoms with Gasteiger partial charge in [0.15, 0.2) is 34.6 Å². The summed E-state index contributed by atoms with van der Waals surface area (Å²) in [6.07, 6.45) is 3.30. The molecule has 0 saturated heterocycles. The smallest absolute Gasteiger partial charge is 0.870 e. The summed E-state index contributed by atoms with van der Waals surface area (Å²) < 4.78 is 25.2. The molecule has 0 aliphatic carbocycles. The maximum atomic E-state index is 12.0. The SMILES string of the molecule is COc1ccc(-c2cc(-c3ccc(Br)cc3)nc(-c3ccc(Br)cc3)n2)cc1OC.COc1ccc(/C=C/C(=O)c2ccc(Br)cc2)cc1OC.Cl.N=C(N)c1ccc(Br)cc1.[K+].[OH-]. The Bertz CT molecular complexity index is 2560. The number of benzene rings is 6. The summed E-state index contributed by atoms with van der Waals surface area (Å²) in [5, 5.41) is 7.07. The normalized spacial score (nSPS) is 9.94. The number of methoxy groups -OCH3 is 4. The molecular formula is C48H42Br4ClKN4O6. The van der Waals surface area contributed by atoms with Gasteiger partial charge in [-0.1, -0.05) is 112 Å². The van der Waals surface area contributed by atoms with E-state index in [0.29, 0.717) is 34.4 Å². The minimum atomic E-state index is -0.0442. The molecule has 0 spiro atoms. The Morgan fingerprint density at radius 3 is 1.39 bits per heavy atom. The largest absolute Gasteiger partial charge is 1.00 e. The first-order valence-corrected chi connectivity index (χ1v) is 21.5.